The van der Waals surface area contributed by atoms with Gasteiger partial charge in [-0.2, -0.15) is 13.2 Å². The third kappa shape index (κ3) is 3.71. The summed E-state index contributed by atoms with van der Waals surface area (Å²) in [7, 11) is 0. The lowest BCUT2D eigenvalue weighted by Gasteiger charge is -2.13. The van der Waals surface area contributed by atoms with Gasteiger partial charge in [-0.1, -0.05) is 0 Å². The standard InChI is InChI=1S/C13H12F4N2O2/c14-10-3-1-7(13(15,16)17)5-9(10)12(21)18-6-8-2-4-11(20)19-8/h1,3,5,8H,2,4,6H2,(H,18,21)(H,19,20). The second kappa shape index (κ2) is 5.71. The van der Waals surface area contributed by atoms with Crippen molar-refractivity contribution in [1.29, 1.82) is 0 Å². The van der Waals surface area contributed by atoms with Crippen LogP contribution in [0.3, 0.4) is 0 Å². The monoisotopic (exact) mass is 304 g/mol. The number of carbonyl (C=O) groups is 2. The Bertz CT molecular complexity index is 572. The molecule has 4 nitrogen and oxygen atoms in total. The zero-order chi connectivity index (χ0) is 15.6. The molecule has 1 aliphatic heterocycles. The number of hydrogen-bond acceptors (Lipinski definition) is 2. The molecule has 1 aromatic rings. The molecule has 0 aliphatic carbocycles. The molecule has 1 heterocycles. The van der Waals surface area contributed by atoms with E-state index in [4.69, 9.17) is 0 Å². The summed E-state index contributed by atoms with van der Waals surface area (Å²) in [6, 6.07) is 1.37. The molecular formula is C13H12F4N2O2. The van der Waals surface area contributed by atoms with Crippen LogP contribution < -0.4 is 10.6 Å². The third-order valence-electron chi connectivity index (χ3n) is 3.13. The van der Waals surface area contributed by atoms with Gasteiger partial charge in [0.05, 0.1) is 11.1 Å². The Kier molecular flexibility index (Phi) is 4.15. The first-order valence-electron chi connectivity index (χ1n) is 6.21. The van der Waals surface area contributed by atoms with E-state index in [9.17, 15) is 27.2 Å². The van der Waals surface area contributed by atoms with E-state index in [1.165, 1.54) is 0 Å². The van der Waals surface area contributed by atoms with Crippen LogP contribution in [0.4, 0.5) is 17.6 Å². The van der Waals surface area contributed by atoms with Crippen LogP contribution in [0.25, 0.3) is 0 Å². The van der Waals surface area contributed by atoms with Gasteiger partial charge in [0.1, 0.15) is 5.82 Å². The van der Waals surface area contributed by atoms with E-state index in [-0.39, 0.29) is 18.5 Å². The van der Waals surface area contributed by atoms with E-state index < -0.39 is 29.0 Å². The first-order valence-corrected chi connectivity index (χ1v) is 6.21. The van der Waals surface area contributed by atoms with Crippen molar-refractivity contribution >= 4 is 11.8 Å². The van der Waals surface area contributed by atoms with Gasteiger partial charge in [-0.3, -0.25) is 9.59 Å². The number of alkyl halides is 3. The summed E-state index contributed by atoms with van der Waals surface area (Å²) in [5.41, 5.74) is -1.77. The van der Waals surface area contributed by atoms with E-state index in [0.29, 0.717) is 31.0 Å². The highest BCUT2D eigenvalue weighted by molar-refractivity contribution is 5.94. The summed E-state index contributed by atoms with van der Waals surface area (Å²) in [6.45, 7) is 0.0419. The number of benzene rings is 1. The van der Waals surface area contributed by atoms with Crippen LogP contribution in [0, 0.1) is 5.82 Å². The normalized spacial score (nSPS) is 18.5. The first kappa shape index (κ1) is 15.3. The number of hydrogen-bond donors (Lipinski definition) is 2. The number of rotatable bonds is 3. The quantitative estimate of drug-likeness (QED) is 0.837. The summed E-state index contributed by atoms with van der Waals surface area (Å²) < 4.78 is 51.1. The zero-order valence-electron chi connectivity index (χ0n) is 10.8. The maximum Gasteiger partial charge on any atom is 0.416 e. The van der Waals surface area contributed by atoms with Crippen LogP contribution in [0.2, 0.25) is 0 Å². The van der Waals surface area contributed by atoms with Crippen LogP contribution in [-0.2, 0) is 11.0 Å². The molecule has 1 aromatic carbocycles. The molecule has 8 heteroatoms. The SMILES string of the molecule is O=C1CCC(CNC(=O)c2cc(C(F)(F)F)ccc2F)N1. The molecule has 0 saturated carbocycles. The minimum absolute atomic E-state index is 0.0419. The maximum atomic E-state index is 13.5. The molecule has 0 bridgehead atoms. The van der Waals surface area contributed by atoms with Crippen molar-refractivity contribution in [3.8, 4) is 0 Å². The van der Waals surface area contributed by atoms with E-state index in [1.807, 2.05) is 0 Å². The van der Waals surface area contributed by atoms with Crippen molar-refractivity contribution in [3.05, 3.63) is 35.1 Å². The second-order valence-corrected chi connectivity index (χ2v) is 4.71. The van der Waals surface area contributed by atoms with E-state index in [1.54, 1.807) is 0 Å². The molecule has 114 valence electrons. The molecule has 1 saturated heterocycles. The molecule has 2 N–H and O–H groups in total. The first-order chi connectivity index (χ1) is 9.77. The fourth-order valence-electron chi connectivity index (χ4n) is 2.02. The van der Waals surface area contributed by atoms with Crippen LogP contribution in [0.5, 0.6) is 0 Å². The zero-order valence-corrected chi connectivity index (χ0v) is 10.8. The number of carbonyl (C=O) groups excluding carboxylic acids is 2. The predicted octanol–water partition coefficient (Wildman–Crippen LogP) is 1.85. The molecule has 21 heavy (non-hydrogen) atoms. The van der Waals surface area contributed by atoms with Crippen molar-refractivity contribution in [2.45, 2.75) is 25.1 Å². The molecule has 0 spiro atoms. The van der Waals surface area contributed by atoms with Gasteiger partial charge in [-0.25, -0.2) is 4.39 Å². The Morgan fingerprint density at radius 3 is 2.67 bits per heavy atom. The largest absolute Gasteiger partial charge is 0.416 e. The summed E-state index contributed by atoms with van der Waals surface area (Å²) in [6.07, 6.45) is -3.80. The van der Waals surface area contributed by atoms with Gasteiger partial charge in [0.2, 0.25) is 5.91 Å². The van der Waals surface area contributed by atoms with Crippen LogP contribution in [-0.4, -0.2) is 24.4 Å². The molecule has 1 fully saturated rings. The van der Waals surface area contributed by atoms with E-state index in [0.717, 1.165) is 0 Å². The number of amides is 2. The molecule has 2 rings (SSSR count). The second-order valence-electron chi connectivity index (χ2n) is 4.71. The van der Waals surface area contributed by atoms with Gasteiger partial charge in [0, 0.05) is 19.0 Å². The van der Waals surface area contributed by atoms with Gasteiger partial charge >= 0.3 is 6.18 Å². The van der Waals surface area contributed by atoms with Gasteiger partial charge < -0.3 is 10.6 Å². The van der Waals surface area contributed by atoms with Crippen LogP contribution in [0.15, 0.2) is 18.2 Å². The Labute approximate surface area is 117 Å². The molecule has 1 unspecified atom stereocenters. The highest BCUT2D eigenvalue weighted by Crippen LogP contribution is 2.30. The lowest BCUT2D eigenvalue weighted by atomic mass is 10.1. The van der Waals surface area contributed by atoms with Gasteiger partial charge in [0.25, 0.3) is 5.91 Å². The summed E-state index contributed by atoms with van der Waals surface area (Å²) >= 11 is 0. The highest BCUT2D eigenvalue weighted by Gasteiger charge is 2.32. The van der Waals surface area contributed by atoms with Crippen molar-refractivity contribution in [3.63, 3.8) is 0 Å². The summed E-state index contributed by atoms with van der Waals surface area (Å²) in [4.78, 5) is 22.7. The molecule has 0 aromatic heterocycles. The lowest BCUT2D eigenvalue weighted by molar-refractivity contribution is -0.137. The van der Waals surface area contributed by atoms with E-state index in [2.05, 4.69) is 10.6 Å². The molecule has 1 aliphatic rings. The fraction of sp³-hybridized carbons (Fsp3) is 0.385. The molecule has 2 amide bonds. The molecular weight excluding hydrogens is 292 g/mol. The van der Waals surface area contributed by atoms with Crippen molar-refractivity contribution in [1.82, 2.24) is 10.6 Å². The average molecular weight is 304 g/mol. The van der Waals surface area contributed by atoms with Gasteiger partial charge in [0.15, 0.2) is 0 Å². The van der Waals surface area contributed by atoms with Gasteiger partial charge in [-0.05, 0) is 24.6 Å². The average Bonchev–Trinajstić information content (AvgIpc) is 2.81. The van der Waals surface area contributed by atoms with Gasteiger partial charge in [-0.15, -0.1) is 0 Å². The molecule has 0 radical (unpaired) electrons. The van der Waals surface area contributed by atoms with Crippen molar-refractivity contribution in [2.75, 3.05) is 6.54 Å². The Morgan fingerprint density at radius 1 is 1.38 bits per heavy atom. The minimum Gasteiger partial charge on any atom is -0.352 e. The maximum absolute atomic E-state index is 13.5. The third-order valence-corrected chi connectivity index (χ3v) is 3.13. The van der Waals surface area contributed by atoms with Crippen LogP contribution >= 0.6 is 0 Å². The highest BCUT2D eigenvalue weighted by atomic mass is 19.4. The number of nitrogens with one attached hydrogen (secondary N) is 2. The molecule has 1 atom stereocenters. The smallest absolute Gasteiger partial charge is 0.352 e. The Morgan fingerprint density at radius 2 is 2.10 bits per heavy atom. The topological polar surface area (TPSA) is 58.2 Å². The Balaban J connectivity index is 2.06. The number of halogens is 4. The lowest BCUT2D eigenvalue weighted by Crippen LogP contribution is -2.38. The van der Waals surface area contributed by atoms with E-state index >= 15 is 0 Å². The van der Waals surface area contributed by atoms with Crippen molar-refractivity contribution < 1.29 is 27.2 Å². The minimum atomic E-state index is -4.65. The summed E-state index contributed by atoms with van der Waals surface area (Å²) in [5.74, 6) is -2.13. The summed E-state index contributed by atoms with van der Waals surface area (Å²) in [5, 5.41) is 4.90. The predicted molar refractivity (Wildman–Crippen MR) is 64.9 cm³/mol. The van der Waals surface area contributed by atoms with Crippen LogP contribution in [0.1, 0.15) is 28.8 Å². The van der Waals surface area contributed by atoms with Crippen molar-refractivity contribution in [2.24, 2.45) is 0 Å². The Hall–Kier alpha value is -2.12. The fourth-order valence-corrected chi connectivity index (χ4v) is 2.02.